The molecule has 0 rings (SSSR count). The molecule has 1 atom stereocenters. The molecule has 3 heteroatoms. The molecule has 0 fully saturated rings. The van der Waals surface area contributed by atoms with Crippen molar-refractivity contribution >= 4 is 0 Å². The Hall–Kier alpha value is -0.120. The maximum atomic E-state index is 5.67. The van der Waals surface area contributed by atoms with Crippen LogP contribution in [0.1, 0.15) is 27.2 Å². The van der Waals surface area contributed by atoms with E-state index in [0.29, 0.717) is 11.8 Å². The number of rotatable bonds is 9. The van der Waals surface area contributed by atoms with E-state index in [1.807, 2.05) is 6.92 Å². The van der Waals surface area contributed by atoms with E-state index >= 15 is 0 Å². The predicted molar refractivity (Wildman–Crippen MR) is 61.4 cm³/mol. The number of hydrogen-bond donors (Lipinski definition) is 2. The monoisotopic (exact) mass is 202 g/mol. The summed E-state index contributed by atoms with van der Waals surface area (Å²) in [7, 11) is 0. The molecule has 0 amide bonds. The van der Waals surface area contributed by atoms with Gasteiger partial charge in [-0.2, -0.15) is 0 Å². The molecule has 14 heavy (non-hydrogen) atoms. The van der Waals surface area contributed by atoms with Crippen molar-refractivity contribution in [2.45, 2.75) is 27.2 Å². The van der Waals surface area contributed by atoms with E-state index in [0.717, 1.165) is 39.3 Å². The van der Waals surface area contributed by atoms with Crippen LogP contribution in [-0.2, 0) is 4.74 Å². The van der Waals surface area contributed by atoms with Gasteiger partial charge in [0.05, 0.1) is 0 Å². The van der Waals surface area contributed by atoms with E-state index in [9.17, 15) is 0 Å². The van der Waals surface area contributed by atoms with Crippen LogP contribution >= 0.6 is 0 Å². The largest absolute Gasteiger partial charge is 0.382 e. The second-order valence-electron chi connectivity index (χ2n) is 3.99. The number of ether oxygens (including phenoxy) is 1. The van der Waals surface area contributed by atoms with E-state index in [1.165, 1.54) is 0 Å². The van der Waals surface area contributed by atoms with Crippen molar-refractivity contribution in [1.82, 2.24) is 5.32 Å². The lowest BCUT2D eigenvalue weighted by atomic mass is 9.96. The first kappa shape index (κ1) is 13.9. The van der Waals surface area contributed by atoms with Crippen LogP contribution in [0.5, 0.6) is 0 Å². The lowest BCUT2D eigenvalue weighted by molar-refractivity contribution is 0.144. The van der Waals surface area contributed by atoms with E-state index in [4.69, 9.17) is 10.5 Å². The van der Waals surface area contributed by atoms with E-state index < -0.39 is 0 Å². The quantitative estimate of drug-likeness (QED) is 0.553. The average Bonchev–Trinajstić information content (AvgIpc) is 2.16. The lowest BCUT2D eigenvalue weighted by Gasteiger charge is -2.19. The van der Waals surface area contributed by atoms with Crippen LogP contribution in [-0.4, -0.2) is 32.8 Å². The first-order chi connectivity index (χ1) is 6.72. The molecule has 0 radical (unpaired) electrons. The van der Waals surface area contributed by atoms with Gasteiger partial charge in [0.2, 0.25) is 0 Å². The third-order valence-corrected chi connectivity index (χ3v) is 2.50. The molecule has 0 spiro atoms. The van der Waals surface area contributed by atoms with E-state index in [2.05, 4.69) is 19.2 Å². The molecule has 0 aliphatic heterocycles. The average molecular weight is 202 g/mol. The Kier molecular flexibility index (Phi) is 9.35. The minimum atomic E-state index is 0.599. The van der Waals surface area contributed by atoms with Crippen molar-refractivity contribution in [3.8, 4) is 0 Å². The van der Waals surface area contributed by atoms with Crippen LogP contribution in [0.2, 0.25) is 0 Å². The van der Waals surface area contributed by atoms with Crippen LogP contribution in [0.3, 0.4) is 0 Å². The van der Waals surface area contributed by atoms with Gasteiger partial charge >= 0.3 is 0 Å². The predicted octanol–water partition coefficient (Wildman–Crippen LogP) is 1.23. The molecule has 1 unspecified atom stereocenters. The first-order valence-electron chi connectivity index (χ1n) is 5.70. The fraction of sp³-hybridized carbons (Fsp3) is 1.00. The molecule has 86 valence electrons. The molecule has 0 heterocycles. The molecule has 3 N–H and O–H groups in total. The molecule has 0 aliphatic carbocycles. The number of nitrogens with two attached hydrogens (primary N) is 1. The van der Waals surface area contributed by atoms with Crippen LogP contribution in [0, 0.1) is 11.8 Å². The highest BCUT2D eigenvalue weighted by Crippen LogP contribution is 2.06. The summed E-state index contributed by atoms with van der Waals surface area (Å²) < 4.78 is 5.25. The van der Waals surface area contributed by atoms with Crippen molar-refractivity contribution in [2.24, 2.45) is 17.6 Å². The smallest absolute Gasteiger partial charge is 0.0477 e. The Bertz CT molecular complexity index is 118. The molecule has 0 bridgehead atoms. The Labute approximate surface area is 88.4 Å². The summed E-state index contributed by atoms with van der Waals surface area (Å²) in [6, 6.07) is 0. The SMILES string of the molecule is CCOCCCNCC(CN)C(C)C. The minimum Gasteiger partial charge on any atom is -0.382 e. The van der Waals surface area contributed by atoms with Crippen molar-refractivity contribution < 1.29 is 4.74 Å². The highest BCUT2D eigenvalue weighted by atomic mass is 16.5. The van der Waals surface area contributed by atoms with Crippen molar-refractivity contribution in [3.63, 3.8) is 0 Å². The topological polar surface area (TPSA) is 47.3 Å². The minimum absolute atomic E-state index is 0.599. The Morgan fingerprint density at radius 2 is 2.07 bits per heavy atom. The van der Waals surface area contributed by atoms with Crippen LogP contribution in [0.4, 0.5) is 0 Å². The van der Waals surface area contributed by atoms with Crippen molar-refractivity contribution in [1.29, 1.82) is 0 Å². The van der Waals surface area contributed by atoms with Gasteiger partial charge in [0, 0.05) is 13.2 Å². The number of hydrogen-bond acceptors (Lipinski definition) is 3. The molecular formula is C11H26N2O. The molecule has 3 nitrogen and oxygen atoms in total. The maximum absolute atomic E-state index is 5.67. The zero-order valence-electron chi connectivity index (χ0n) is 9.88. The van der Waals surface area contributed by atoms with E-state index in [1.54, 1.807) is 0 Å². The fourth-order valence-electron chi connectivity index (χ4n) is 1.32. The van der Waals surface area contributed by atoms with Gasteiger partial charge in [0.1, 0.15) is 0 Å². The zero-order valence-corrected chi connectivity index (χ0v) is 9.88. The molecular weight excluding hydrogens is 176 g/mol. The van der Waals surface area contributed by atoms with Crippen molar-refractivity contribution in [3.05, 3.63) is 0 Å². The Morgan fingerprint density at radius 3 is 2.57 bits per heavy atom. The summed E-state index contributed by atoms with van der Waals surface area (Å²) in [5.41, 5.74) is 5.67. The molecule has 0 aliphatic rings. The third-order valence-electron chi connectivity index (χ3n) is 2.50. The fourth-order valence-corrected chi connectivity index (χ4v) is 1.32. The van der Waals surface area contributed by atoms with Gasteiger partial charge in [-0.3, -0.25) is 0 Å². The highest BCUT2D eigenvalue weighted by Gasteiger charge is 2.09. The lowest BCUT2D eigenvalue weighted by Crippen LogP contribution is -2.32. The summed E-state index contributed by atoms with van der Waals surface area (Å²) in [4.78, 5) is 0. The van der Waals surface area contributed by atoms with Gasteiger partial charge in [-0.1, -0.05) is 13.8 Å². The molecule has 0 aromatic heterocycles. The molecule has 0 saturated carbocycles. The molecule has 0 aromatic rings. The van der Waals surface area contributed by atoms with Gasteiger partial charge < -0.3 is 15.8 Å². The first-order valence-corrected chi connectivity index (χ1v) is 5.70. The standard InChI is InChI=1S/C11H26N2O/c1-4-14-7-5-6-13-9-11(8-12)10(2)3/h10-11,13H,4-9,12H2,1-3H3. The summed E-state index contributed by atoms with van der Waals surface area (Å²) in [6.07, 6.45) is 1.09. The van der Waals surface area contributed by atoms with Crippen LogP contribution < -0.4 is 11.1 Å². The summed E-state index contributed by atoms with van der Waals surface area (Å²) >= 11 is 0. The zero-order chi connectivity index (χ0) is 10.8. The van der Waals surface area contributed by atoms with Gasteiger partial charge in [0.15, 0.2) is 0 Å². The third kappa shape index (κ3) is 7.30. The van der Waals surface area contributed by atoms with Crippen LogP contribution in [0.15, 0.2) is 0 Å². The number of nitrogens with one attached hydrogen (secondary N) is 1. The summed E-state index contributed by atoms with van der Waals surface area (Å²) in [6.45, 7) is 11.0. The molecule has 0 saturated heterocycles. The van der Waals surface area contributed by atoms with Gasteiger partial charge in [-0.25, -0.2) is 0 Å². The normalized spacial score (nSPS) is 13.5. The maximum Gasteiger partial charge on any atom is 0.0477 e. The van der Waals surface area contributed by atoms with E-state index in [-0.39, 0.29) is 0 Å². The summed E-state index contributed by atoms with van der Waals surface area (Å²) in [5.74, 6) is 1.27. The van der Waals surface area contributed by atoms with Gasteiger partial charge in [0.25, 0.3) is 0 Å². The summed E-state index contributed by atoms with van der Waals surface area (Å²) in [5, 5.41) is 3.42. The van der Waals surface area contributed by atoms with Crippen molar-refractivity contribution in [2.75, 3.05) is 32.8 Å². The molecule has 0 aromatic carbocycles. The highest BCUT2D eigenvalue weighted by molar-refractivity contribution is 4.66. The Balaban J connectivity index is 3.25. The Morgan fingerprint density at radius 1 is 1.36 bits per heavy atom. The second-order valence-corrected chi connectivity index (χ2v) is 3.99. The van der Waals surface area contributed by atoms with Crippen LogP contribution in [0.25, 0.3) is 0 Å². The van der Waals surface area contributed by atoms with Gasteiger partial charge in [-0.15, -0.1) is 0 Å². The second kappa shape index (κ2) is 9.44. The van der Waals surface area contributed by atoms with Gasteiger partial charge in [-0.05, 0) is 44.8 Å².